The minimum atomic E-state index is -0.192. The van der Waals surface area contributed by atoms with Gasteiger partial charge in [0.25, 0.3) is 5.91 Å². The highest BCUT2D eigenvalue weighted by Gasteiger charge is 2.32. The molecule has 1 aliphatic rings. The fourth-order valence-corrected chi connectivity index (χ4v) is 3.88. The molecule has 1 aromatic carbocycles. The quantitative estimate of drug-likeness (QED) is 0.727. The summed E-state index contributed by atoms with van der Waals surface area (Å²) in [6, 6.07) is 6.20. The van der Waals surface area contributed by atoms with Gasteiger partial charge in [0.1, 0.15) is 0 Å². The highest BCUT2D eigenvalue weighted by atomic mass is 16.2. The summed E-state index contributed by atoms with van der Waals surface area (Å²) in [5.74, 6) is 1.06. The van der Waals surface area contributed by atoms with E-state index in [-0.39, 0.29) is 24.4 Å². The van der Waals surface area contributed by atoms with Crippen LogP contribution < -0.4 is 16.0 Å². The Bertz CT molecular complexity index is 624. The first-order valence-corrected chi connectivity index (χ1v) is 9.78. The molecule has 26 heavy (non-hydrogen) atoms. The molecule has 5 heteroatoms. The number of amides is 2. The van der Waals surface area contributed by atoms with Crippen LogP contribution in [-0.2, 0) is 9.59 Å². The predicted molar refractivity (Wildman–Crippen MR) is 105 cm³/mol. The molecule has 144 valence electrons. The number of hydrogen-bond acceptors (Lipinski definition) is 2. The molecule has 1 fully saturated rings. The average Bonchev–Trinajstić information content (AvgIpc) is 2.60. The number of rotatable bonds is 6. The molecule has 4 N–H and O–H groups in total. The summed E-state index contributed by atoms with van der Waals surface area (Å²) in [6.45, 7) is 10.4. The van der Waals surface area contributed by atoms with Crippen LogP contribution in [-0.4, -0.2) is 30.4 Å². The van der Waals surface area contributed by atoms with Gasteiger partial charge in [-0.15, -0.1) is 0 Å². The first kappa shape index (κ1) is 20.4. The molecule has 1 aromatic rings. The Balaban J connectivity index is 1.81. The molecule has 0 unspecified atom stereocenters. The van der Waals surface area contributed by atoms with Crippen LogP contribution in [0.15, 0.2) is 18.2 Å². The van der Waals surface area contributed by atoms with Crippen LogP contribution in [0.5, 0.6) is 0 Å². The molecule has 0 bridgehead atoms. The molecule has 4 atom stereocenters. The first-order chi connectivity index (χ1) is 12.3. The van der Waals surface area contributed by atoms with Crippen LogP contribution in [0.1, 0.15) is 51.2 Å². The summed E-state index contributed by atoms with van der Waals surface area (Å²) >= 11 is 0. The first-order valence-electron chi connectivity index (χ1n) is 9.78. The minimum absolute atomic E-state index is 0.00140. The second-order valence-electron chi connectivity index (χ2n) is 7.95. The third-order valence-corrected chi connectivity index (χ3v) is 5.89. The smallest absolute Gasteiger partial charge is 0.278 e. The molecule has 0 heterocycles. The normalized spacial score (nSPS) is 24.0. The van der Waals surface area contributed by atoms with Gasteiger partial charge in [0, 0.05) is 11.6 Å². The SMILES string of the molecule is Cc1cccc(C)c1NC(=O)CNC(=O)[C@H](C)[NH2+][C@@H]1CCC[C@H](C)[C@@H]1C. The Morgan fingerprint density at radius 1 is 1.19 bits per heavy atom. The van der Waals surface area contributed by atoms with E-state index in [1.165, 1.54) is 12.8 Å². The molecule has 5 nitrogen and oxygen atoms in total. The van der Waals surface area contributed by atoms with E-state index in [2.05, 4.69) is 29.8 Å². The summed E-state index contributed by atoms with van der Waals surface area (Å²) in [6.07, 6.45) is 3.68. The number of nitrogens with one attached hydrogen (secondary N) is 2. The van der Waals surface area contributed by atoms with Crippen molar-refractivity contribution in [3.05, 3.63) is 29.3 Å². The fraction of sp³-hybridized carbons (Fsp3) is 0.619. The van der Waals surface area contributed by atoms with Gasteiger partial charge in [-0.3, -0.25) is 9.59 Å². The van der Waals surface area contributed by atoms with Crippen LogP contribution in [0.3, 0.4) is 0 Å². The van der Waals surface area contributed by atoms with E-state index in [0.29, 0.717) is 17.9 Å². The van der Waals surface area contributed by atoms with Crippen molar-refractivity contribution in [1.29, 1.82) is 0 Å². The Kier molecular flexibility index (Phi) is 7.21. The van der Waals surface area contributed by atoms with E-state index in [1.54, 1.807) is 0 Å². The Morgan fingerprint density at radius 3 is 2.50 bits per heavy atom. The highest BCUT2D eigenvalue weighted by Crippen LogP contribution is 2.27. The molecule has 0 spiro atoms. The highest BCUT2D eigenvalue weighted by molar-refractivity contribution is 5.96. The van der Waals surface area contributed by atoms with Gasteiger partial charge in [0.05, 0.1) is 12.6 Å². The molecule has 0 aromatic heterocycles. The monoisotopic (exact) mass is 360 g/mol. The third-order valence-electron chi connectivity index (χ3n) is 5.89. The van der Waals surface area contributed by atoms with Crippen molar-refractivity contribution in [2.75, 3.05) is 11.9 Å². The van der Waals surface area contributed by atoms with E-state index in [4.69, 9.17) is 0 Å². The van der Waals surface area contributed by atoms with Gasteiger partial charge >= 0.3 is 0 Å². The van der Waals surface area contributed by atoms with Gasteiger partial charge in [0.2, 0.25) is 5.91 Å². The molecule has 0 aliphatic heterocycles. The van der Waals surface area contributed by atoms with E-state index in [1.807, 2.05) is 39.0 Å². The van der Waals surface area contributed by atoms with Crippen molar-refractivity contribution >= 4 is 17.5 Å². The van der Waals surface area contributed by atoms with Gasteiger partial charge in [0.15, 0.2) is 6.04 Å². The van der Waals surface area contributed by atoms with Crippen LogP contribution in [0.25, 0.3) is 0 Å². The van der Waals surface area contributed by atoms with Crippen molar-refractivity contribution in [3.63, 3.8) is 0 Å². The van der Waals surface area contributed by atoms with Crippen LogP contribution in [0.4, 0.5) is 5.69 Å². The summed E-state index contributed by atoms with van der Waals surface area (Å²) < 4.78 is 0. The molecule has 1 aliphatic carbocycles. The molecule has 1 saturated carbocycles. The number of benzene rings is 1. The van der Waals surface area contributed by atoms with Crippen LogP contribution in [0, 0.1) is 25.7 Å². The van der Waals surface area contributed by atoms with Gasteiger partial charge in [-0.2, -0.15) is 0 Å². The maximum atomic E-state index is 12.4. The number of nitrogens with two attached hydrogens (primary N) is 1. The van der Waals surface area contributed by atoms with Crippen molar-refractivity contribution < 1.29 is 14.9 Å². The van der Waals surface area contributed by atoms with Gasteiger partial charge in [-0.1, -0.05) is 32.0 Å². The Hall–Kier alpha value is -1.88. The maximum absolute atomic E-state index is 12.4. The number of hydrogen-bond donors (Lipinski definition) is 3. The van der Waals surface area contributed by atoms with Crippen molar-refractivity contribution in [2.45, 2.75) is 66.0 Å². The summed E-state index contributed by atoms with van der Waals surface area (Å²) in [4.78, 5) is 24.6. The van der Waals surface area contributed by atoms with E-state index >= 15 is 0 Å². The number of quaternary nitrogens is 1. The predicted octanol–water partition coefficient (Wildman–Crippen LogP) is 2.13. The second kappa shape index (κ2) is 9.17. The Morgan fingerprint density at radius 2 is 1.85 bits per heavy atom. The number of carbonyl (C=O) groups is 2. The lowest BCUT2D eigenvalue weighted by molar-refractivity contribution is -0.715. The van der Waals surface area contributed by atoms with Crippen LogP contribution in [0.2, 0.25) is 0 Å². The molecule has 0 radical (unpaired) electrons. The third kappa shape index (κ3) is 5.31. The lowest BCUT2D eigenvalue weighted by Gasteiger charge is -2.33. The second-order valence-corrected chi connectivity index (χ2v) is 7.95. The van der Waals surface area contributed by atoms with E-state index in [9.17, 15) is 9.59 Å². The lowest BCUT2D eigenvalue weighted by atomic mass is 9.78. The van der Waals surface area contributed by atoms with Gasteiger partial charge in [-0.25, -0.2) is 0 Å². The maximum Gasteiger partial charge on any atom is 0.278 e. The molecular weight excluding hydrogens is 326 g/mol. The standard InChI is InChI=1S/C21H33N3O2/c1-13-8-7-11-18(16(13)4)23-17(5)21(26)22-12-19(25)24-20-14(2)9-6-10-15(20)3/h6,9-10,13,16-18,23H,7-8,11-12H2,1-5H3,(H,22,26)(H,24,25)/p+1/t13-,16-,17-,18+/m0/s1. The zero-order valence-corrected chi connectivity index (χ0v) is 16.8. The number of para-hydroxylation sites is 1. The van der Waals surface area contributed by atoms with Gasteiger partial charge < -0.3 is 16.0 Å². The van der Waals surface area contributed by atoms with E-state index in [0.717, 1.165) is 23.2 Å². The Labute approximate surface area is 157 Å². The number of anilines is 1. The molecule has 0 saturated heterocycles. The van der Waals surface area contributed by atoms with Crippen molar-refractivity contribution in [1.82, 2.24) is 5.32 Å². The fourth-order valence-electron chi connectivity index (χ4n) is 3.88. The molecule has 2 amide bonds. The zero-order valence-electron chi connectivity index (χ0n) is 16.8. The zero-order chi connectivity index (χ0) is 19.3. The average molecular weight is 361 g/mol. The van der Waals surface area contributed by atoms with Gasteiger partial charge in [-0.05, 0) is 57.1 Å². The lowest BCUT2D eigenvalue weighted by Crippen LogP contribution is -2.98. The number of aryl methyl sites for hydroxylation is 2. The van der Waals surface area contributed by atoms with Crippen molar-refractivity contribution in [3.8, 4) is 0 Å². The molecular formula is C21H34N3O2+. The van der Waals surface area contributed by atoms with Crippen LogP contribution >= 0.6 is 0 Å². The largest absolute Gasteiger partial charge is 0.342 e. The minimum Gasteiger partial charge on any atom is -0.342 e. The summed E-state index contributed by atoms with van der Waals surface area (Å²) in [5.41, 5.74) is 2.87. The summed E-state index contributed by atoms with van der Waals surface area (Å²) in [5, 5.41) is 7.86. The number of carbonyl (C=O) groups excluding carboxylic acids is 2. The molecule has 2 rings (SSSR count). The topological polar surface area (TPSA) is 74.8 Å². The van der Waals surface area contributed by atoms with E-state index < -0.39 is 0 Å². The van der Waals surface area contributed by atoms with Crippen molar-refractivity contribution in [2.24, 2.45) is 11.8 Å². The summed E-state index contributed by atoms with van der Waals surface area (Å²) in [7, 11) is 0.